The van der Waals surface area contributed by atoms with E-state index in [0.717, 1.165) is 28.2 Å². The van der Waals surface area contributed by atoms with Crippen LogP contribution in [0.2, 0.25) is 0 Å². The normalized spacial score (nSPS) is 16.2. The Hall–Kier alpha value is -1.95. The fraction of sp³-hybridized carbons (Fsp3) is 0.526. The van der Waals surface area contributed by atoms with Gasteiger partial charge in [-0.05, 0) is 25.0 Å². The number of anilines is 1. The highest BCUT2D eigenvalue weighted by atomic mass is 32.1. The van der Waals surface area contributed by atoms with Crippen LogP contribution in [0.1, 0.15) is 33.6 Å². The molecule has 6 heteroatoms. The Morgan fingerprint density at radius 3 is 2.44 bits per heavy atom. The van der Waals surface area contributed by atoms with E-state index in [0.29, 0.717) is 13.1 Å². The van der Waals surface area contributed by atoms with Crippen LogP contribution in [-0.2, 0) is 9.59 Å². The second kappa shape index (κ2) is 6.75. The first kappa shape index (κ1) is 17.9. The van der Waals surface area contributed by atoms with Gasteiger partial charge >= 0.3 is 0 Å². The number of para-hydroxylation sites is 1. The first-order chi connectivity index (χ1) is 11.8. The van der Waals surface area contributed by atoms with Crippen LogP contribution in [0.4, 0.5) is 5.13 Å². The lowest BCUT2D eigenvalue weighted by atomic mass is 9.90. The Kier molecular flexibility index (Phi) is 4.82. The summed E-state index contributed by atoms with van der Waals surface area (Å²) < 4.78 is 1.09. The second-order valence-electron chi connectivity index (χ2n) is 7.68. The van der Waals surface area contributed by atoms with Crippen molar-refractivity contribution < 1.29 is 9.59 Å². The van der Waals surface area contributed by atoms with E-state index in [9.17, 15) is 9.59 Å². The van der Waals surface area contributed by atoms with Crippen molar-refractivity contribution in [2.24, 2.45) is 11.3 Å². The molecule has 3 rings (SSSR count). The minimum atomic E-state index is -0.366. The van der Waals surface area contributed by atoms with Crippen molar-refractivity contribution in [1.29, 1.82) is 0 Å². The van der Waals surface area contributed by atoms with E-state index in [1.807, 2.05) is 49.9 Å². The van der Waals surface area contributed by atoms with Crippen molar-refractivity contribution in [2.75, 3.05) is 25.0 Å². The van der Waals surface area contributed by atoms with E-state index in [1.54, 1.807) is 11.9 Å². The van der Waals surface area contributed by atoms with Crippen LogP contribution >= 0.6 is 11.3 Å². The van der Waals surface area contributed by atoms with E-state index >= 15 is 0 Å². The lowest BCUT2D eigenvalue weighted by Gasteiger charge is -2.36. The molecule has 1 aliphatic heterocycles. The minimum Gasteiger partial charge on any atom is -0.342 e. The smallest absolute Gasteiger partial charge is 0.231 e. The molecule has 2 amide bonds. The van der Waals surface area contributed by atoms with Crippen LogP contribution in [0.5, 0.6) is 0 Å². The number of hydrogen-bond acceptors (Lipinski definition) is 4. The van der Waals surface area contributed by atoms with Crippen molar-refractivity contribution in [3.05, 3.63) is 24.3 Å². The van der Waals surface area contributed by atoms with E-state index in [4.69, 9.17) is 0 Å². The molecular weight excluding hydrogens is 334 g/mol. The molecule has 1 fully saturated rings. The summed E-state index contributed by atoms with van der Waals surface area (Å²) in [5.41, 5.74) is 0.557. The summed E-state index contributed by atoms with van der Waals surface area (Å²) in [7, 11) is 1.80. The number of hydrogen-bond donors (Lipinski definition) is 0. The first-order valence-electron chi connectivity index (χ1n) is 8.70. The van der Waals surface area contributed by atoms with Gasteiger partial charge in [-0.15, -0.1) is 0 Å². The lowest BCUT2D eigenvalue weighted by molar-refractivity contribution is -0.142. The number of rotatable bonds is 2. The summed E-state index contributed by atoms with van der Waals surface area (Å²) in [4.78, 5) is 33.3. The average Bonchev–Trinajstić information content (AvgIpc) is 3.03. The fourth-order valence-electron chi connectivity index (χ4n) is 3.18. The van der Waals surface area contributed by atoms with Gasteiger partial charge in [-0.3, -0.25) is 14.5 Å². The molecule has 0 bridgehead atoms. The summed E-state index contributed by atoms with van der Waals surface area (Å²) in [5.74, 6) is 0.223. The zero-order chi connectivity index (χ0) is 18.2. The summed E-state index contributed by atoms with van der Waals surface area (Å²) in [6, 6.07) is 7.92. The molecule has 2 heterocycles. The Labute approximate surface area is 152 Å². The average molecular weight is 359 g/mol. The van der Waals surface area contributed by atoms with Crippen LogP contribution in [0.15, 0.2) is 24.3 Å². The van der Waals surface area contributed by atoms with Gasteiger partial charge in [-0.25, -0.2) is 4.98 Å². The fourth-order valence-corrected chi connectivity index (χ4v) is 4.11. The van der Waals surface area contributed by atoms with Crippen LogP contribution in [0.25, 0.3) is 10.2 Å². The van der Waals surface area contributed by atoms with Crippen molar-refractivity contribution in [2.45, 2.75) is 33.6 Å². The number of aromatic nitrogens is 1. The highest BCUT2D eigenvalue weighted by Gasteiger charge is 2.33. The third-order valence-electron chi connectivity index (χ3n) is 4.67. The number of benzene rings is 1. The monoisotopic (exact) mass is 359 g/mol. The molecule has 1 saturated heterocycles. The van der Waals surface area contributed by atoms with Gasteiger partial charge in [0.1, 0.15) is 0 Å². The van der Waals surface area contributed by atoms with E-state index in [1.165, 1.54) is 11.3 Å². The van der Waals surface area contributed by atoms with Crippen LogP contribution in [-0.4, -0.2) is 41.8 Å². The number of amides is 2. The summed E-state index contributed by atoms with van der Waals surface area (Å²) >= 11 is 1.54. The van der Waals surface area contributed by atoms with Crippen molar-refractivity contribution >= 4 is 38.5 Å². The molecule has 25 heavy (non-hydrogen) atoms. The van der Waals surface area contributed by atoms with Gasteiger partial charge in [-0.1, -0.05) is 44.2 Å². The molecular formula is C19H25N3O2S. The molecule has 134 valence electrons. The molecule has 0 spiro atoms. The quantitative estimate of drug-likeness (QED) is 0.824. The predicted molar refractivity (Wildman–Crippen MR) is 102 cm³/mol. The molecule has 2 aromatic rings. The number of fused-ring (bicyclic) bond motifs is 1. The van der Waals surface area contributed by atoms with Crippen molar-refractivity contribution in [3.8, 4) is 0 Å². The molecule has 1 aromatic carbocycles. The van der Waals surface area contributed by atoms with Crippen LogP contribution in [0, 0.1) is 11.3 Å². The van der Waals surface area contributed by atoms with Gasteiger partial charge in [0, 0.05) is 31.5 Å². The standard InChI is InChI=1S/C19H25N3O2S/c1-19(2,3)17(24)22-11-9-13(10-12-22)16(23)21(4)18-20-14-7-5-6-8-15(14)25-18/h5-8,13H,9-12H2,1-4H3. The maximum Gasteiger partial charge on any atom is 0.231 e. The zero-order valence-electron chi connectivity index (χ0n) is 15.3. The van der Waals surface area contributed by atoms with Crippen LogP contribution in [0.3, 0.4) is 0 Å². The number of thiazole rings is 1. The molecule has 0 atom stereocenters. The van der Waals surface area contributed by atoms with E-state index in [-0.39, 0.29) is 23.1 Å². The summed E-state index contributed by atoms with van der Waals surface area (Å²) in [6.45, 7) is 7.12. The van der Waals surface area contributed by atoms with E-state index < -0.39 is 0 Å². The molecule has 1 aliphatic rings. The lowest BCUT2D eigenvalue weighted by Crippen LogP contribution is -2.47. The summed E-state index contributed by atoms with van der Waals surface area (Å²) in [6.07, 6.45) is 1.44. The van der Waals surface area contributed by atoms with Gasteiger partial charge in [0.15, 0.2) is 5.13 Å². The van der Waals surface area contributed by atoms with Gasteiger partial charge in [0.25, 0.3) is 0 Å². The molecule has 1 aromatic heterocycles. The molecule has 0 saturated carbocycles. The topological polar surface area (TPSA) is 53.5 Å². The Morgan fingerprint density at radius 1 is 1.20 bits per heavy atom. The van der Waals surface area contributed by atoms with Crippen molar-refractivity contribution in [1.82, 2.24) is 9.88 Å². The predicted octanol–water partition coefficient (Wildman–Crippen LogP) is 3.54. The first-order valence-corrected chi connectivity index (χ1v) is 9.51. The Morgan fingerprint density at radius 2 is 1.84 bits per heavy atom. The van der Waals surface area contributed by atoms with Gasteiger partial charge in [-0.2, -0.15) is 0 Å². The Balaban J connectivity index is 1.65. The highest BCUT2D eigenvalue weighted by Crippen LogP contribution is 2.30. The molecule has 0 radical (unpaired) electrons. The molecule has 0 N–H and O–H groups in total. The highest BCUT2D eigenvalue weighted by molar-refractivity contribution is 7.22. The number of carbonyl (C=O) groups excluding carboxylic acids is 2. The zero-order valence-corrected chi connectivity index (χ0v) is 16.1. The maximum absolute atomic E-state index is 12.8. The minimum absolute atomic E-state index is 0.0407. The third-order valence-corrected chi connectivity index (χ3v) is 5.79. The number of nitrogens with zero attached hydrogens (tertiary/aromatic N) is 3. The SMILES string of the molecule is CN(C(=O)C1CCN(C(=O)C(C)(C)C)CC1)c1nc2ccccc2s1. The number of piperidine rings is 1. The van der Waals surface area contributed by atoms with Gasteiger partial charge in [0.2, 0.25) is 11.8 Å². The van der Waals surface area contributed by atoms with Gasteiger partial charge < -0.3 is 4.90 Å². The second-order valence-corrected chi connectivity index (χ2v) is 8.69. The molecule has 5 nitrogen and oxygen atoms in total. The third kappa shape index (κ3) is 3.68. The molecule has 0 unspecified atom stereocenters. The molecule has 0 aliphatic carbocycles. The van der Waals surface area contributed by atoms with Crippen molar-refractivity contribution in [3.63, 3.8) is 0 Å². The van der Waals surface area contributed by atoms with Gasteiger partial charge in [0.05, 0.1) is 10.2 Å². The largest absolute Gasteiger partial charge is 0.342 e. The number of carbonyl (C=O) groups is 2. The van der Waals surface area contributed by atoms with E-state index in [2.05, 4.69) is 4.98 Å². The maximum atomic E-state index is 12.8. The number of likely N-dealkylation sites (tertiary alicyclic amines) is 1. The summed E-state index contributed by atoms with van der Waals surface area (Å²) in [5, 5.41) is 0.736. The Bertz CT molecular complexity index is 752. The van der Waals surface area contributed by atoms with Crippen LogP contribution < -0.4 is 4.90 Å².